The predicted octanol–water partition coefficient (Wildman–Crippen LogP) is 2.75. The summed E-state index contributed by atoms with van der Waals surface area (Å²) in [6.07, 6.45) is -2.26. The fraction of sp³-hybridized carbons (Fsp3) is 0.429. The number of hydrogen-bond donors (Lipinski definition) is 2. The number of nitrogens with two attached hydrogens (primary N) is 1. The zero-order valence-electron chi connectivity index (χ0n) is 12.3. The quantitative estimate of drug-likeness (QED) is 0.899. The van der Waals surface area contributed by atoms with Crippen LogP contribution in [0.2, 0.25) is 0 Å². The van der Waals surface area contributed by atoms with E-state index >= 15 is 0 Å². The molecule has 1 unspecified atom stereocenters. The first-order valence-electron chi connectivity index (χ1n) is 7.15. The molecule has 0 aliphatic heterocycles. The molecule has 9 heteroatoms. The second kappa shape index (κ2) is 5.64. The summed E-state index contributed by atoms with van der Waals surface area (Å²) in [4.78, 5) is 15.6. The molecular weight excluding hydrogens is 309 g/mol. The van der Waals surface area contributed by atoms with Gasteiger partial charge >= 0.3 is 6.18 Å². The Balaban J connectivity index is 1.91. The first-order chi connectivity index (χ1) is 10.8. The van der Waals surface area contributed by atoms with Gasteiger partial charge in [0.15, 0.2) is 5.82 Å². The van der Waals surface area contributed by atoms with E-state index in [-0.39, 0.29) is 29.5 Å². The molecule has 0 bridgehead atoms. The van der Waals surface area contributed by atoms with Crippen LogP contribution in [0.5, 0.6) is 0 Å². The Kier molecular flexibility index (Phi) is 3.78. The van der Waals surface area contributed by atoms with Crippen molar-refractivity contribution in [3.05, 3.63) is 23.9 Å². The molecule has 0 saturated heterocycles. The number of alkyl halides is 3. The maximum Gasteiger partial charge on any atom is 0.433 e. The molecule has 2 heterocycles. The van der Waals surface area contributed by atoms with E-state index < -0.39 is 11.9 Å². The van der Waals surface area contributed by atoms with Crippen molar-refractivity contribution < 1.29 is 13.2 Å². The molecule has 1 atom stereocenters. The van der Waals surface area contributed by atoms with Crippen molar-refractivity contribution in [2.24, 2.45) is 5.92 Å². The number of pyridine rings is 1. The van der Waals surface area contributed by atoms with Crippen LogP contribution in [0.15, 0.2) is 18.2 Å². The lowest BCUT2D eigenvalue weighted by molar-refractivity contribution is -0.141. The van der Waals surface area contributed by atoms with E-state index in [4.69, 9.17) is 5.73 Å². The third-order valence-corrected chi connectivity index (χ3v) is 3.61. The molecule has 0 amide bonds. The highest BCUT2D eigenvalue weighted by Crippen LogP contribution is 2.33. The molecule has 0 aromatic carbocycles. The van der Waals surface area contributed by atoms with E-state index in [1.807, 2.05) is 6.92 Å². The minimum Gasteiger partial charge on any atom is -0.368 e. The predicted molar refractivity (Wildman–Crippen MR) is 78.3 cm³/mol. The van der Waals surface area contributed by atoms with Gasteiger partial charge < -0.3 is 11.1 Å². The molecule has 1 aliphatic rings. The van der Waals surface area contributed by atoms with Crippen LogP contribution >= 0.6 is 0 Å². The highest BCUT2D eigenvalue weighted by molar-refractivity contribution is 5.53. The van der Waals surface area contributed by atoms with Crippen LogP contribution in [0, 0.1) is 5.92 Å². The second-order valence-corrected chi connectivity index (χ2v) is 5.52. The van der Waals surface area contributed by atoms with Crippen molar-refractivity contribution in [2.45, 2.75) is 32.0 Å². The molecule has 0 radical (unpaired) electrons. The average molecular weight is 324 g/mol. The number of nitrogens with one attached hydrogen (secondary N) is 1. The summed E-state index contributed by atoms with van der Waals surface area (Å²) in [5.74, 6) is 0.739. The van der Waals surface area contributed by atoms with Gasteiger partial charge in [-0.1, -0.05) is 6.07 Å². The second-order valence-electron chi connectivity index (χ2n) is 5.52. The first kappa shape index (κ1) is 15.4. The van der Waals surface area contributed by atoms with E-state index in [1.54, 1.807) is 0 Å². The highest BCUT2D eigenvalue weighted by Gasteiger charge is 2.33. The molecule has 2 aromatic heterocycles. The minimum absolute atomic E-state index is 0.00366. The first-order valence-corrected chi connectivity index (χ1v) is 7.15. The smallest absolute Gasteiger partial charge is 0.368 e. The molecule has 1 aliphatic carbocycles. The van der Waals surface area contributed by atoms with E-state index in [9.17, 15) is 13.2 Å². The van der Waals surface area contributed by atoms with E-state index in [0.717, 1.165) is 18.9 Å². The molecule has 2 aromatic rings. The summed E-state index contributed by atoms with van der Waals surface area (Å²) < 4.78 is 38.3. The lowest BCUT2D eigenvalue weighted by Gasteiger charge is -2.13. The van der Waals surface area contributed by atoms with Crippen LogP contribution < -0.4 is 11.1 Å². The lowest BCUT2D eigenvalue weighted by Crippen LogP contribution is -2.20. The average Bonchev–Trinajstić information content (AvgIpc) is 3.30. The van der Waals surface area contributed by atoms with Crippen LogP contribution in [0.1, 0.15) is 25.5 Å². The number of aromatic nitrogens is 4. The molecule has 1 saturated carbocycles. The molecule has 3 rings (SSSR count). The number of hydrogen-bond acceptors (Lipinski definition) is 6. The molecular formula is C14H15F3N6. The largest absolute Gasteiger partial charge is 0.433 e. The Hall–Kier alpha value is -2.45. The van der Waals surface area contributed by atoms with Crippen LogP contribution in [0.25, 0.3) is 11.5 Å². The number of nitrogens with zero attached hydrogens (tertiary/aromatic N) is 4. The minimum atomic E-state index is -4.53. The molecule has 0 spiro atoms. The number of anilines is 2. The summed E-state index contributed by atoms with van der Waals surface area (Å²) >= 11 is 0. The van der Waals surface area contributed by atoms with Crippen molar-refractivity contribution in [3.8, 4) is 11.5 Å². The van der Waals surface area contributed by atoms with Crippen LogP contribution in [-0.2, 0) is 6.18 Å². The molecule has 23 heavy (non-hydrogen) atoms. The molecule has 1 fully saturated rings. The summed E-state index contributed by atoms with van der Waals surface area (Å²) in [6, 6.07) is 3.71. The Labute approximate surface area is 130 Å². The van der Waals surface area contributed by atoms with Crippen molar-refractivity contribution in [3.63, 3.8) is 0 Å². The normalized spacial score (nSPS) is 16.2. The third kappa shape index (κ3) is 3.66. The van der Waals surface area contributed by atoms with E-state index in [2.05, 4.69) is 25.3 Å². The molecule has 3 N–H and O–H groups in total. The van der Waals surface area contributed by atoms with Gasteiger partial charge in [0, 0.05) is 6.04 Å². The van der Waals surface area contributed by atoms with E-state index in [1.165, 1.54) is 12.1 Å². The van der Waals surface area contributed by atoms with Gasteiger partial charge in [0.2, 0.25) is 11.9 Å². The number of rotatable bonds is 4. The fourth-order valence-corrected chi connectivity index (χ4v) is 2.21. The van der Waals surface area contributed by atoms with Gasteiger partial charge in [0.05, 0.1) is 0 Å². The molecule has 122 valence electrons. The van der Waals surface area contributed by atoms with Crippen molar-refractivity contribution >= 4 is 11.9 Å². The molecule has 6 nitrogen and oxygen atoms in total. The van der Waals surface area contributed by atoms with Crippen LogP contribution in [-0.4, -0.2) is 26.0 Å². The van der Waals surface area contributed by atoms with Gasteiger partial charge in [0.1, 0.15) is 11.4 Å². The zero-order chi connectivity index (χ0) is 16.6. The summed E-state index contributed by atoms with van der Waals surface area (Å²) in [7, 11) is 0. The Morgan fingerprint density at radius 2 is 1.91 bits per heavy atom. The van der Waals surface area contributed by atoms with Crippen LogP contribution in [0.4, 0.5) is 25.1 Å². The maximum atomic E-state index is 12.8. The van der Waals surface area contributed by atoms with Gasteiger partial charge in [-0.3, -0.25) is 0 Å². The van der Waals surface area contributed by atoms with Gasteiger partial charge in [-0.05, 0) is 37.8 Å². The van der Waals surface area contributed by atoms with Crippen molar-refractivity contribution in [1.82, 2.24) is 19.9 Å². The third-order valence-electron chi connectivity index (χ3n) is 3.61. The Morgan fingerprint density at radius 1 is 1.17 bits per heavy atom. The SMILES string of the molecule is CC(Nc1nc(N)nc(-c2cccc(C(F)(F)F)n2)n1)C1CC1. The Morgan fingerprint density at radius 3 is 2.57 bits per heavy atom. The lowest BCUT2D eigenvalue weighted by atomic mass is 10.2. The van der Waals surface area contributed by atoms with Crippen molar-refractivity contribution in [2.75, 3.05) is 11.1 Å². The number of nitrogen functional groups attached to an aromatic ring is 1. The van der Waals surface area contributed by atoms with Gasteiger partial charge in [-0.2, -0.15) is 28.1 Å². The van der Waals surface area contributed by atoms with Crippen molar-refractivity contribution in [1.29, 1.82) is 0 Å². The Bertz CT molecular complexity index is 714. The van der Waals surface area contributed by atoms with Gasteiger partial charge in [0.25, 0.3) is 0 Å². The van der Waals surface area contributed by atoms with Gasteiger partial charge in [-0.15, -0.1) is 0 Å². The topological polar surface area (TPSA) is 89.6 Å². The number of halogens is 3. The maximum absolute atomic E-state index is 12.8. The summed E-state index contributed by atoms with van der Waals surface area (Å²) in [6.45, 7) is 2.00. The van der Waals surface area contributed by atoms with Crippen LogP contribution in [0.3, 0.4) is 0 Å². The van der Waals surface area contributed by atoms with E-state index in [0.29, 0.717) is 5.92 Å². The zero-order valence-corrected chi connectivity index (χ0v) is 12.3. The monoisotopic (exact) mass is 324 g/mol. The summed E-state index contributed by atoms with van der Waals surface area (Å²) in [5.41, 5.74) is 4.63. The fourth-order valence-electron chi connectivity index (χ4n) is 2.21. The summed E-state index contributed by atoms with van der Waals surface area (Å²) in [5, 5.41) is 3.11. The van der Waals surface area contributed by atoms with Gasteiger partial charge in [-0.25, -0.2) is 4.98 Å². The standard InChI is InChI=1S/C14H15F3N6/c1-7(8-5-6-8)19-13-22-11(21-12(18)23-13)9-3-2-4-10(20-9)14(15,16)17/h2-4,7-8H,5-6H2,1H3,(H3,18,19,21,22,23). The highest BCUT2D eigenvalue weighted by atomic mass is 19.4.